The maximum absolute atomic E-state index is 12.2. The number of hydrogen-bond donors (Lipinski definition) is 2. The number of carbonyl (C=O) groups excluding carboxylic acids is 1. The first kappa shape index (κ1) is 16.1. The molecule has 5 heteroatoms. The Morgan fingerprint density at radius 3 is 2.71 bits per heavy atom. The van der Waals surface area contributed by atoms with Crippen LogP contribution in [0.3, 0.4) is 0 Å². The van der Waals surface area contributed by atoms with Crippen molar-refractivity contribution in [1.29, 1.82) is 0 Å². The topological polar surface area (TPSA) is 62.7 Å². The summed E-state index contributed by atoms with van der Waals surface area (Å²) in [6.45, 7) is 2.07. The summed E-state index contributed by atoms with van der Waals surface area (Å²) in [4.78, 5) is 16.7. The first-order valence-electron chi connectivity index (χ1n) is 8.18. The van der Waals surface area contributed by atoms with Crippen LogP contribution in [0, 0.1) is 0 Å². The summed E-state index contributed by atoms with van der Waals surface area (Å²) < 4.78 is 5.56. The Hall–Kier alpha value is -2.82. The minimum atomic E-state index is -0.0743. The van der Waals surface area contributed by atoms with Gasteiger partial charge in [-0.15, -0.1) is 0 Å². The van der Waals surface area contributed by atoms with E-state index in [9.17, 15) is 4.79 Å². The van der Waals surface area contributed by atoms with Crippen LogP contribution < -0.4 is 15.4 Å². The summed E-state index contributed by atoms with van der Waals surface area (Å²) in [7, 11) is 0. The molecule has 0 atom stereocenters. The molecular formula is C19H21N3O2. The van der Waals surface area contributed by atoms with Crippen LogP contribution in [0.25, 0.3) is 0 Å². The van der Waals surface area contributed by atoms with Gasteiger partial charge in [-0.05, 0) is 30.7 Å². The second kappa shape index (κ2) is 8.15. The number of hydrogen-bond acceptors (Lipinski definition) is 4. The molecule has 5 nitrogen and oxygen atoms in total. The van der Waals surface area contributed by atoms with Gasteiger partial charge in [0.05, 0.1) is 18.7 Å². The number of carbonyl (C=O) groups is 1. The number of amidine groups is 1. The molecule has 2 aromatic rings. The fourth-order valence-corrected chi connectivity index (χ4v) is 2.50. The highest BCUT2D eigenvalue weighted by Gasteiger charge is 2.13. The normalized spacial score (nSPS) is 13.6. The molecule has 0 fully saturated rings. The zero-order valence-corrected chi connectivity index (χ0v) is 13.5. The number of ether oxygens (including phenoxy) is 1. The van der Waals surface area contributed by atoms with Crippen molar-refractivity contribution in [3.63, 3.8) is 0 Å². The number of nitrogens with zero attached hydrogens (tertiary/aromatic N) is 1. The highest BCUT2D eigenvalue weighted by molar-refractivity contribution is 6.06. The van der Waals surface area contributed by atoms with Crippen molar-refractivity contribution in [2.24, 2.45) is 4.99 Å². The second-order valence-corrected chi connectivity index (χ2v) is 5.52. The Morgan fingerprint density at radius 1 is 1.12 bits per heavy atom. The third kappa shape index (κ3) is 4.35. The van der Waals surface area contributed by atoms with E-state index in [1.165, 1.54) is 0 Å². The molecule has 24 heavy (non-hydrogen) atoms. The number of para-hydroxylation sites is 2. The highest BCUT2D eigenvalue weighted by Crippen LogP contribution is 2.17. The SMILES string of the molecule is O=C(CCOc1ccccc1)Nc1ccccc1C1=NCCCN1. The predicted molar refractivity (Wildman–Crippen MR) is 95.6 cm³/mol. The van der Waals surface area contributed by atoms with Gasteiger partial charge in [0, 0.05) is 18.7 Å². The molecule has 124 valence electrons. The predicted octanol–water partition coefficient (Wildman–Crippen LogP) is 2.83. The molecule has 0 aliphatic carbocycles. The molecule has 0 unspecified atom stereocenters. The zero-order chi connectivity index (χ0) is 16.6. The van der Waals surface area contributed by atoms with E-state index in [-0.39, 0.29) is 5.91 Å². The highest BCUT2D eigenvalue weighted by atomic mass is 16.5. The van der Waals surface area contributed by atoms with Gasteiger partial charge in [0.1, 0.15) is 11.6 Å². The number of benzene rings is 2. The van der Waals surface area contributed by atoms with Gasteiger partial charge in [-0.1, -0.05) is 30.3 Å². The van der Waals surface area contributed by atoms with E-state index in [1.54, 1.807) is 0 Å². The molecule has 2 aromatic carbocycles. The van der Waals surface area contributed by atoms with Gasteiger partial charge in [0.2, 0.25) is 5.91 Å². The van der Waals surface area contributed by atoms with Gasteiger partial charge < -0.3 is 15.4 Å². The molecule has 0 saturated heterocycles. The minimum Gasteiger partial charge on any atom is -0.493 e. The molecule has 0 saturated carbocycles. The Morgan fingerprint density at radius 2 is 1.92 bits per heavy atom. The number of nitrogens with one attached hydrogen (secondary N) is 2. The van der Waals surface area contributed by atoms with Crippen LogP contribution in [-0.2, 0) is 4.79 Å². The van der Waals surface area contributed by atoms with Gasteiger partial charge in [0.15, 0.2) is 0 Å². The second-order valence-electron chi connectivity index (χ2n) is 5.52. The van der Waals surface area contributed by atoms with Crippen molar-refractivity contribution in [1.82, 2.24) is 5.32 Å². The first-order valence-corrected chi connectivity index (χ1v) is 8.18. The van der Waals surface area contributed by atoms with E-state index in [0.717, 1.165) is 42.3 Å². The average Bonchev–Trinajstić information content (AvgIpc) is 2.64. The third-order valence-corrected chi connectivity index (χ3v) is 3.69. The molecule has 0 radical (unpaired) electrons. The van der Waals surface area contributed by atoms with Crippen molar-refractivity contribution in [2.45, 2.75) is 12.8 Å². The quantitative estimate of drug-likeness (QED) is 0.859. The van der Waals surface area contributed by atoms with E-state index in [1.807, 2.05) is 54.6 Å². The maximum Gasteiger partial charge on any atom is 0.227 e. The van der Waals surface area contributed by atoms with Gasteiger partial charge in [-0.3, -0.25) is 9.79 Å². The Balaban J connectivity index is 1.57. The standard InChI is InChI=1S/C19H21N3O2/c23-18(11-14-24-15-7-2-1-3-8-15)22-17-10-5-4-9-16(17)19-20-12-6-13-21-19/h1-5,7-10H,6,11-14H2,(H,20,21)(H,22,23). The van der Waals surface area contributed by atoms with Crippen molar-refractivity contribution in [3.8, 4) is 5.75 Å². The summed E-state index contributed by atoms with van der Waals surface area (Å²) in [5.74, 6) is 1.54. The van der Waals surface area contributed by atoms with Crippen molar-refractivity contribution in [3.05, 3.63) is 60.2 Å². The largest absolute Gasteiger partial charge is 0.493 e. The minimum absolute atomic E-state index is 0.0743. The van der Waals surface area contributed by atoms with E-state index >= 15 is 0 Å². The molecule has 1 heterocycles. The van der Waals surface area contributed by atoms with Gasteiger partial charge in [0.25, 0.3) is 0 Å². The number of anilines is 1. The molecule has 1 amide bonds. The number of amides is 1. The first-order chi connectivity index (χ1) is 11.8. The lowest BCUT2D eigenvalue weighted by molar-refractivity contribution is -0.116. The summed E-state index contributed by atoms with van der Waals surface area (Å²) in [6.07, 6.45) is 1.33. The van der Waals surface area contributed by atoms with Gasteiger partial charge >= 0.3 is 0 Å². The van der Waals surface area contributed by atoms with Crippen molar-refractivity contribution in [2.75, 3.05) is 25.0 Å². The van der Waals surface area contributed by atoms with Crippen LogP contribution in [0.4, 0.5) is 5.69 Å². The third-order valence-electron chi connectivity index (χ3n) is 3.69. The number of aliphatic imine (C=N–C) groups is 1. The van der Waals surface area contributed by atoms with Crippen LogP contribution in [0.15, 0.2) is 59.6 Å². The van der Waals surface area contributed by atoms with E-state index in [0.29, 0.717) is 13.0 Å². The van der Waals surface area contributed by atoms with Crippen molar-refractivity contribution < 1.29 is 9.53 Å². The van der Waals surface area contributed by atoms with Crippen LogP contribution in [0.5, 0.6) is 5.75 Å². The van der Waals surface area contributed by atoms with E-state index < -0.39 is 0 Å². The summed E-state index contributed by atoms with van der Waals surface area (Å²) in [5.41, 5.74) is 1.70. The average molecular weight is 323 g/mol. The molecule has 3 rings (SSSR count). The van der Waals surface area contributed by atoms with Crippen LogP contribution in [0.1, 0.15) is 18.4 Å². The molecule has 0 aromatic heterocycles. The lowest BCUT2D eigenvalue weighted by Gasteiger charge is -2.17. The molecule has 1 aliphatic rings. The molecule has 1 aliphatic heterocycles. The molecule has 2 N–H and O–H groups in total. The summed E-state index contributed by atoms with van der Waals surface area (Å²) in [5, 5.41) is 6.24. The fraction of sp³-hybridized carbons (Fsp3) is 0.263. The van der Waals surface area contributed by atoms with Crippen LogP contribution in [0.2, 0.25) is 0 Å². The van der Waals surface area contributed by atoms with Gasteiger partial charge in [-0.25, -0.2) is 0 Å². The number of rotatable bonds is 6. The molecule has 0 spiro atoms. The fourth-order valence-electron chi connectivity index (χ4n) is 2.50. The molecule has 0 bridgehead atoms. The molecular weight excluding hydrogens is 302 g/mol. The lowest BCUT2D eigenvalue weighted by atomic mass is 10.1. The van der Waals surface area contributed by atoms with Gasteiger partial charge in [-0.2, -0.15) is 0 Å². The summed E-state index contributed by atoms with van der Waals surface area (Å²) >= 11 is 0. The maximum atomic E-state index is 12.2. The lowest BCUT2D eigenvalue weighted by Crippen LogP contribution is -2.31. The Kier molecular flexibility index (Phi) is 5.45. The zero-order valence-electron chi connectivity index (χ0n) is 13.5. The van der Waals surface area contributed by atoms with Crippen LogP contribution in [-0.4, -0.2) is 31.4 Å². The van der Waals surface area contributed by atoms with E-state index in [4.69, 9.17) is 4.74 Å². The Bertz CT molecular complexity index is 714. The summed E-state index contributed by atoms with van der Waals surface area (Å²) in [6, 6.07) is 17.2. The van der Waals surface area contributed by atoms with Crippen LogP contribution >= 0.6 is 0 Å². The Labute approximate surface area is 141 Å². The monoisotopic (exact) mass is 323 g/mol. The smallest absolute Gasteiger partial charge is 0.227 e. The van der Waals surface area contributed by atoms with E-state index in [2.05, 4.69) is 15.6 Å². The van der Waals surface area contributed by atoms with Crippen molar-refractivity contribution >= 4 is 17.4 Å².